The molecule has 0 spiro atoms. The van der Waals surface area contributed by atoms with Crippen LogP contribution in [0.25, 0.3) is 16.8 Å². The Morgan fingerprint density at radius 2 is 2.10 bits per heavy atom. The molecule has 0 amide bonds. The molecule has 20 heavy (non-hydrogen) atoms. The number of rotatable bonds is 3. The smallest absolute Gasteiger partial charge is 0.339 e. The fourth-order valence-corrected chi connectivity index (χ4v) is 1.97. The highest BCUT2D eigenvalue weighted by Gasteiger charge is 2.18. The Hall–Kier alpha value is -2.90. The van der Waals surface area contributed by atoms with Gasteiger partial charge in [0.25, 0.3) is 0 Å². The number of fused-ring (bicyclic) bond motifs is 1. The molecule has 3 aromatic rings. The summed E-state index contributed by atoms with van der Waals surface area (Å²) in [6.45, 7) is 0. The zero-order valence-corrected chi connectivity index (χ0v) is 10.8. The van der Waals surface area contributed by atoms with Crippen molar-refractivity contribution >= 4 is 11.5 Å². The summed E-state index contributed by atoms with van der Waals surface area (Å²) in [5.41, 5.74) is 1.77. The monoisotopic (exact) mass is 273 g/mol. The number of hydrogen-bond acceptors (Lipinski definition) is 5. The summed E-state index contributed by atoms with van der Waals surface area (Å²) in [7, 11) is 3.24. The second kappa shape index (κ2) is 4.34. The quantitative estimate of drug-likeness (QED) is 0.759. The first-order chi connectivity index (χ1) is 9.60. The van der Waals surface area contributed by atoms with E-state index in [1.807, 2.05) is 0 Å². The number of carboxylic acid groups (broad SMARTS) is 1. The fraction of sp³-hybridized carbons (Fsp3) is 0.167. The minimum Gasteiger partial charge on any atom is -0.479 e. The zero-order valence-electron chi connectivity index (χ0n) is 10.8. The van der Waals surface area contributed by atoms with Crippen molar-refractivity contribution < 1.29 is 14.6 Å². The Morgan fingerprint density at radius 3 is 2.70 bits per heavy atom. The number of aromatic nitrogens is 5. The molecule has 0 saturated carbocycles. The second-order valence-electron chi connectivity index (χ2n) is 4.19. The number of hydrogen-bond donors (Lipinski definition) is 1. The number of nitrogens with zero attached hydrogens (tertiary/aromatic N) is 5. The molecule has 0 fully saturated rings. The average molecular weight is 273 g/mol. The molecule has 0 unspecified atom stereocenters. The summed E-state index contributed by atoms with van der Waals surface area (Å²) in [6, 6.07) is 0. The molecule has 8 nitrogen and oxygen atoms in total. The van der Waals surface area contributed by atoms with Gasteiger partial charge in [0.2, 0.25) is 5.88 Å². The standard InChI is InChI=1S/C12H11N5O3/c1-16-5-7(3-13-16)9-6-17-10(11(15-9)20-2)8(4-14-17)12(18)19/h3-6H,1-2H3,(H,18,19). The van der Waals surface area contributed by atoms with Crippen LogP contribution in [0.2, 0.25) is 0 Å². The third-order valence-corrected chi connectivity index (χ3v) is 2.89. The van der Waals surface area contributed by atoms with Crippen LogP contribution in [0.4, 0.5) is 0 Å². The molecule has 1 N–H and O–H groups in total. The van der Waals surface area contributed by atoms with E-state index in [0.29, 0.717) is 11.2 Å². The van der Waals surface area contributed by atoms with Crippen molar-refractivity contribution in [2.75, 3.05) is 7.11 Å². The third kappa shape index (κ3) is 1.78. The van der Waals surface area contributed by atoms with Crippen molar-refractivity contribution in [3.05, 3.63) is 30.4 Å². The van der Waals surface area contributed by atoms with Crippen molar-refractivity contribution in [2.45, 2.75) is 0 Å². The van der Waals surface area contributed by atoms with Gasteiger partial charge in [0.15, 0.2) is 0 Å². The molecule has 0 aliphatic rings. The predicted molar refractivity (Wildman–Crippen MR) is 68.7 cm³/mol. The summed E-state index contributed by atoms with van der Waals surface area (Å²) in [5, 5.41) is 17.2. The Labute approximate surface area is 113 Å². The highest BCUT2D eigenvalue weighted by Crippen LogP contribution is 2.25. The maximum absolute atomic E-state index is 11.2. The number of methoxy groups -OCH3 is 1. The van der Waals surface area contributed by atoms with E-state index in [1.54, 1.807) is 30.3 Å². The van der Waals surface area contributed by atoms with E-state index in [2.05, 4.69) is 15.2 Å². The van der Waals surface area contributed by atoms with Crippen molar-refractivity contribution in [1.29, 1.82) is 0 Å². The number of aryl methyl sites for hydroxylation is 1. The van der Waals surface area contributed by atoms with Crippen LogP contribution in [-0.4, -0.2) is 42.6 Å². The Morgan fingerprint density at radius 1 is 1.30 bits per heavy atom. The lowest BCUT2D eigenvalue weighted by atomic mass is 10.2. The number of carboxylic acids is 1. The van der Waals surface area contributed by atoms with Crippen molar-refractivity contribution in [3.8, 4) is 17.1 Å². The zero-order chi connectivity index (χ0) is 14.3. The topological polar surface area (TPSA) is 94.5 Å². The van der Waals surface area contributed by atoms with Gasteiger partial charge in [-0.25, -0.2) is 14.3 Å². The Bertz CT molecular complexity index is 805. The second-order valence-corrected chi connectivity index (χ2v) is 4.19. The highest BCUT2D eigenvalue weighted by molar-refractivity contribution is 5.97. The lowest BCUT2D eigenvalue weighted by Gasteiger charge is -2.05. The highest BCUT2D eigenvalue weighted by atomic mass is 16.5. The van der Waals surface area contributed by atoms with Gasteiger partial charge in [0.1, 0.15) is 11.1 Å². The van der Waals surface area contributed by atoms with Crippen LogP contribution in [-0.2, 0) is 7.05 Å². The van der Waals surface area contributed by atoms with Crippen LogP contribution in [0.5, 0.6) is 5.88 Å². The van der Waals surface area contributed by atoms with Crippen LogP contribution >= 0.6 is 0 Å². The van der Waals surface area contributed by atoms with Crippen LogP contribution in [0, 0.1) is 0 Å². The van der Waals surface area contributed by atoms with E-state index >= 15 is 0 Å². The third-order valence-electron chi connectivity index (χ3n) is 2.89. The minimum atomic E-state index is -1.07. The largest absolute Gasteiger partial charge is 0.479 e. The molecule has 3 rings (SSSR count). The predicted octanol–water partition coefficient (Wildman–Crippen LogP) is 0.837. The first-order valence-electron chi connectivity index (χ1n) is 5.75. The molecule has 0 saturated heterocycles. The summed E-state index contributed by atoms with van der Waals surface area (Å²) < 4.78 is 8.28. The molecule has 0 radical (unpaired) electrons. The van der Waals surface area contributed by atoms with Crippen molar-refractivity contribution in [2.24, 2.45) is 7.05 Å². The number of ether oxygens (including phenoxy) is 1. The molecule has 0 bridgehead atoms. The van der Waals surface area contributed by atoms with Crippen LogP contribution in [0.3, 0.4) is 0 Å². The van der Waals surface area contributed by atoms with E-state index in [1.165, 1.54) is 17.8 Å². The van der Waals surface area contributed by atoms with Crippen LogP contribution in [0.15, 0.2) is 24.8 Å². The molecule has 0 atom stereocenters. The number of aromatic carboxylic acids is 1. The molecule has 8 heteroatoms. The molecule has 102 valence electrons. The van der Waals surface area contributed by atoms with Gasteiger partial charge in [-0.15, -0.1) is 0 Å². The Balaban J connectivity index is 2.26. The summed E-state index contributed by atoms with van der Waals surface area (Å²) in [5.74, 6) is -0.865. The van der Waals surface area contributed by atoms with E-state index < -0.39 is 5.97 Å². The molecular formula is C12H11N5O3. The van der Waals surface area contributed by atoms with Crippen molar-refractivity contribution in [3.63, 3.8) is 0 Å². The summed E-state index contributed by atoms with van der Waals surface area (Å²) >= 11 is 0. The molecule has 0 aliphatic carbocycles. The molecular weight excluding hydrogens is 262 g/mol. The lowest BCUT2D eigenvalue weighted by Crippen LogP contribution is -2.01. The maximum Gasteiger partial charge on any atom is 0.339 e. The van der Waals surface area contributed by atoms with Gasteiger partial charge in [-0.3, -0.25) is 4.68 Å². The van der Waals surface area contributed by atoms with E-state index in [4.69, 9.17) is 9.84 Å². The van der Waals surface area contributed by atoms with Gasteiger partial charge in [0.05, 0.1) is 31.4 Å². The maximum atomic E-state index is 11.2. The summed E-state index contributed by atoms with van der Waals surface area (Å²) in [6.07, 6.45) is 6.38. The molecule has 3 heterocycles. The van der Waals surface area contributed by atoms with Gasteiger partial charge in [-0.2, -0.15) is 10.2 Å². The van der Waals surface area contributed by atoms with E-state index in [9.17, 15) is 4.79 Å². The van der Waals surface area contributed by atoms with Crippen LogP contribution in [0.1, 0.15) is 10.4 Å². The van der Waals surface area contributed by atoms with Crippen molar-refractivity contribution in [1.82, 2.24) is 24.4 Å². The average Bonchev–Trinajstić information content (AvgIpc) is 3.03. The van der Waals surface area contributed by atoms with Gasteiger partial charge >= 0.3 is 5.97 Å². The normalized spacial score (nSPS) is 10.9. The van der Waals surface area contributed by atoms with Crippen LogP contribution < -0.4 is 4.74 Å². The lowest BCUT2D eigenvalue weighted by molar-refractivity contribution is 0.0698. The SMILES string of the molecule is COc1nc(-c2cnn(C)c2)cn2ncc(C(=O)O)c12. The Kier molecular flexibility index (Phi) is 2.63. The van der Waals surface area contributed by atoms with E-state index in [-0.39, 0.29) is 11.4 Å². The molecule has 3 aromatic heterocycles. The summed E-state index contributed by atoms with van der Waals surface area (Å²) in [4.78, 5) is 15.5. The van der Waals surface area contributed by atoms with Gasteiger partial charge < -0.3 is 9.84 Å². The van der Waals surface area contributed by atoms with Gasteiger partial charge in [-0.05, 0) is 0 Å². The first kappa shape index (κ1) is 12.2. The molecule has 0 aliphatic heterocycles. The number of carbonyl (C=O) groups is 1. The van der Waals surface area contributed by atoms with Gasteiger partial charge in [-0.1, -0.05) is 0 Å². The minimum absolute atomic E-state index is 0.0482. The van der Waals surface area contributed by atoms with Gasteiger partial charge in [0, 0.05) is 18.8 Å². The molecule has 0 aromatic carbocycles. The van der Waals surface area contributed by atoms with E-state index in [0.717, 1.165) is 5.56 Å². The fourth-order valence-electron chi connectivity index (χ4n) is 1.97. The first-order valence-corrected chi connectivity index (χ1v) is 5.75.